The van der Waals surface area contributed by atoms with Gasteiger partial charge in [0.25, 0.3) is 5.22 Å². The van der Waals surface area contributed by atoms with Crippen LogP contribution in [0.25, 0.3) is 11.5 Å². The molecule has 6 nitrogen and oxygen atoms in total. The van der Waals surface area contributed by atoms with E-state index in [9.17, 15) is 14.0 Å². The third kappa shape index (κ3) is 4.79. The molecule has 8 heteroatoms. The van der Waals surface area contributed by atoms with Gasteiger partial charge in [0.2, 0.25) is 11.8 Å². The molecule has 0 bridgehead atoms. The van der Waals surface area contributed by atoms with E-state index < -0.39 is 5.25 Å². The second-order valence-corrected chi connectivity index (χ2v) is 7.05. The van der Waals surface area contributed by atoms with Crippen LogP contribution in [0, 0.1) is 5.82 Å². The zero-order valence-corrected chi connectivity index (χ0v) is 15.4. The van der Waals surface area contributed by atoms with Gasteiger partial charge in [0.1, 0.15) is 5.82 Å². The molecule has 0 saturated heterocycles. The molecule has 3 aromatic rings. The van der Waals surface area contributed by atoms with E-state index in [0.29, 0.717) is 16.8 Å². The first-order chi connectivity index (χ1) is 12.9. The number of carbonyl (C=O) groups is 2. The van der Waals surface area contributed by atoms with Gasteiger partial charge in [0.15, 0.2) is 5.78 Å². The Morgan fingerprint density at radius 1 is 1.07 bits per heavy atom. The van der Waals surface area contributed by atoms with E-state index in [1.54, 1.807) is 31.2 Å². The molecule has 1 amide bonds. The summed E-state index contributed by atoms with van der Waals surface area (Å²) in [7, 11) is 0. The number of rotatable bonds is 6. The summed E-state index contributed by atoms with van der Waals surface area (Å²) in [5, 5.41) is 10.3. The fourth-order valence-corrected chi connectivity index (χ4v) is 2.89. The van der Waals surface area contributed by atoms with Crippen LogP contribution in [0.1, 0.15) is 24.2 Å². The lowest BCUT2D eigenvalue weighted by molar-refractivity contribution is -0.115. The second-order valence-electron chi connectivity index (χ2n) is 5.76. The summed E-state index contributed by atoms with van der Waals surface area (Å²) in [5.41, 5.74) is 1.77. The number of aromatic nitrogens is 2. The van der Waals surface area contributed by atoms with Gasteiger partial charge in [-0.05, 0) is 62.4 Å². The average molecular weight is 385 g/mol. The van der Waals surface area contributed by atoms with E-state index in [1.165, 1.54) is 31.2 Å². The molecule has 0 spiro atoms. The lowest BCUT2D eigenvalue weighted by atomic mass is 10.1. The van der Waals surface area contributed by atoms with Crippen molar-refractivity contribution < 1.29 is 18.4 Å². The molecule has 1 N–H and O–H groups in total. The molecule has 1 heterocycles. The monoisotopic (exact) mass is 385 g/mol. The third-order valence-electron chi connectivity index (χ3n) is 3.70. The largest absolute Gasteiger partial charge is 0.411 e. The summed E-state index contributed by atoms with van der Waals surface area (Å²) in [5.74, 6) is -0.373. The highest BCUT2D eigenvalue weighted by atomic mass is 32.2. The number of carbonyl (C=O) groups excluding carboxylic acids is 2. The van der Waals surface area contributed by atoms with Crippen LogP contribution in [-0.4, -0.2) is 27.1 Å². The molecule has 0 aliphatic carbocycles. The van der Waals surface area contributed by atoms with E-state index >= 15 is 0 Å². The van der Waals surface area contributed by atoms with Gasteiger partial charge in [-0.15, -0.1) is 10.2 Å². The number of anilines is 1. The molecule has 0 fully saturated rings. The molecular formula is C19H16FN3O3S. The van der Waals surface area contributed by atoms with Crippen molar-refractivity contribution >= 4 is 29.1 Å². The number of Topliss-reactive ketones (excluding diaryl/α,β-unsaturated/α-hetero) is 1. The van der Waals surface area contributed by atoms with Gasteiger partial charge in [0.05, 0.1) is 5.25 Å². The molecule has 1 aromatic heterocycles. The summed E-state index contributed by atoms with van der Waals surface area (Å²) in [6.07, 6.45) is 0. The first kappa shape index (κ1) is 18.8. The standard InChI is InChI=1S/C19H16FN3O3S/c1-11(24)13-5-9-16(10-6-13)21-17(25)12(2)27-19-23-22-18(26-19)14-3-7-15(20)8-4-14/h3-10,12H,1-2H3,(H,21,25)/t12-/m0/s1. The summed E-state index contributed by atoms with van der Waals surface area (Å²) in [6, 6.07) is 12.3. The van der Waals surface area contributed by atoms with Crippen molar-refractivity contribution in [3.63, 3.8) is 0 Å². The number of nitrogens with zero attached hydrogens (tertiary/aromatic N) is 2. The number of nitrogens with one attached hydrogen (secondary N) is 1. The van der Waals surface area contributed by atoms with E-state index in [4.69, 9.17) is 4.42 Å². The summed E-state index contributed by atoms with van der Waals surface area (Å²) in [6.45, 7) is 3.20. The lowest BCUT2D eigenvalue weighted by Gasteiger charge is -2.10. The quantitative estimate of drug-likeness (QED) is 0.506. The lowest BCUT2D eigenvalue weighted by Crippen LogP contribution is -2.22. The van der Waals surface area contributed by atoms with Crippen LogP contribution in [0.3, 0.4) is 0 Å². The molecule has 0 saturated carbocycles. The van der Waals surface area contributed by atoms with Crippen molar-refractivity contribution in [1.82, 2.24) is 10.2 Å². The van der Waals surface area contributed by atoms with Crippen molar-refractivity contribution in [3.8, 4) is 11.5 Å². The van der Waals surface area contributed by atoms with Gasteiger partial charge in [-0.3, -0.25) is 9.59 Å². The first-order valence-corrected chi connectivity index (χ1v) is 8.98. The minimum atomic E-state index is -0.487. The minimum absolute atomic E-state index is 0.0369. The molecule has 3 rings (SSSR count). The molecule has 0 radical (unpaired) electrons. The number of thioether (sulfide) groups is 1. The number of hydrogen-bond donors (Lipinski definition) is 1. The number of halogens is 1. The molecular weight excluding hydrogens is 369 g/mol. The Balaban J connectivity index is 1.61. The van der Waals surface area contributed by atoms with Crippen molar-refractivity contribution in [2.24, 2.45) is 0 Å². The van der Waals surface area contributed by atoms with Crippen LogP contribution < -0.4 is 5.32 Å². The van der Waals surface area contributed by atoms with E-state index in [-0.39, 0.29) is 28.6 Å². The maximum atomic E-state index is 13.0. The Morgan fingerprint density at radius 3 is 2.37 bits per heavy atom. The highest BCUT2D eigenvalue weighted by Crippen LogP contribution is 2.27. The molecule has 0 aliphatic heterocycles. The van der Waals surface area contributed by atoms with Gasteiger partial charge in [-0.25, -0.2) is 4.39 Å². The zero-order valence-electron chi connectivity index (χ0n) is 14.6. The zero-order chi connectivity index (χ0) is 19.4. The maximum absolute atomic E-state index is 13.0. The molecule has 27 heavy (non-hydrogen) atoms. The van der Waals surface area contributed by atoms with Gasteiger partial charge >= 0.3 is 0 Å². The van der Waals surface area contributed by atoms with Crippen LogP contribution in [0.4, 0.5) is 10.1 Å². The van der Waals surface area contributed by atoms with Crippen molar-refractivity contribution in [2.75, 3.05) is 5.32 Å². The van der Waals surface area contributed by atoms with Crippen molar-refractivity contribution in [1.29, 1.82) is 0 Å². The van der Waals surface area contributed by atoms with Gasteiger partial charge in [-0.1, -0.05) is 11.8 Å². The molecule has 0 unspecified atom stereocenters. The first-order valence-electron chi connectivity index (χ1n) is 8.10. The Labute approximate surface area is 159 Å². The summed E-state index contributed by atoms with van der Waals surface area (Å²) < 4.78 is 18.5. The Morgan fingerprint density at radius 2 is 1.74 bits per heavy atom. The number of benzene rings is 2. The SMILES string of the molecule is CC(=O)c1ccc(NC(=O)[C@H](C)Sc2nnc(-c3ccc(F)cc3)o2)cc1. The van der Waals surface area contributed by atoms with Crippen LogP contribution in [0.15, 0.2) is 58.2 Å². The van der Waals surface area contributed by atoms with E-state index in [0.717, 1.165) is 11.8 Å². The van der Waals surface area contributed by atoms with Crippen LogP contribution in [0.5, 0.6) is 0 Å². The van der Waals surface area contributed by atoms with Crippen LogP contribution >= 0.6 is 11.8 Å². The Kier molecular flexibility index (Phi) is 5.66. The smallest absolute Gasteiger partial charge is 0.277 e. The van der Waals surface area contributed by atoms with E-state index in [1.807, 2.05) is 0 Å². The summed E-state index contributed by atoms with van der Waals surface area (Å²) >= 11 is 1.12. The molecule has 138 valence electrons. The van der Waals surface area contributed by atoms with Gasteiger partial charge < -0.3 is 9.73 Å². The molecule has 0 aliphatic rings. The predicted molar refractivity (Wildman–Crippen MR) is 100 cm³/mol. The minimum Gasteiger partial charge on any atom is -0.411 e. The highest BCUT2D eigenvalue weighted by Gasteiger charge is 2.19. The summed E-state index contributed by atoms with van der Waals surface area (Å²) in [4.78, 5) is 23.6. The van der Waals surface area contributed by atoms with Crippen LogP contribution in [-0.2, 0) is 4.79 Å². The Hall–Kier alpha value is -3.00. The van der Waals surface area contributed by atoms with Gasteiger partial charge in [-0.2, -0.15) is 0 Å². The Bertz CT molecular complexity index is 955. The van der Waals surface area contributed by atoms with E-state index in [2.05, 4.69) is 15.5 Å². The molecule has 1 atom stereocenters. The second kappa shape index (κ2) is 8.13. The van der Waals surface area contributed by atoms with Crippen LogP contribution in [0.2, 0.25) is 0 Å². The maximum Gasteiger partial charge on any atom is 0.277 e. The fourth-order valence-electron chi connectivity index (χ4n) is 2.20. The third-order valence-corrected chi connectivity index (χ3v) is 4.64. The van der Waals surface area contributed by atoms with Crippen molar-refractivity contribution in [3.05, 3.63) is 59.9 Å². The number of ketones is 1. The normalized spacial score (nSPS) is 11.8. The predicted octanol–water partition coefficient (Wildman–Crippen LogP) is 4.20. The molecule has 2 aromatic carbocycles. The topological polar surface area (TPSA) is 85.1 Å². The number of hydrogen-bond acceptors (Lipinski definition) is 6. The van der Waals surface area contributed by atoms with Gasteiger partial charge in [0, 0.05) is 16.8 Å². The average Bonchev–Trinajstić information content (AvgIpc) is 3.11. The number of amides is 1. The fraction of sp³-hybridized carbons (Fsp3) is 0.158. The van der Waals surface area contributed by atoms with Crippen molar-refractivity contribution in [2.45, 2.75) is 24.3 Å². The highest BCUT2D eigenvalue weighted by molar-refractivity contribution is 8.00.